The van der Waals surface area contributed by atoms with Gasteiger partial charge in [0.25, 0.3) is 0 Å². The lowest BCUT2D eigenvalue weighted by Crippen LogP contribution is -2.34. The molecule has 0 aliphatic heterocycles. The number of carbonyl (C=O) groups is 1. The Morgan fingerprint density at radius 2 is 2.12 bits per heavy atom. The Hall–Kier alpha value is -2.62. The van der Waals surface area contributed by atoms with Gasteiger partial charge in [0.2, 0.25) is 5.91 Å². The van der Waals surface area contributed by atoms with E-state index >= 15 is 0 Å². The van der Waals surface area contributed by atoms with Gasteiger partial charge >= 0.3 is 0 Å². The van der Waals surface area contributed by atoms with Gasteiger partial charge in [0.15, 0.2) is 0 Å². The predicted molar refractivity (Wildman–Crippen MR) is 106 cm³/mol. The fraction of sp³-hybridized carbons (Fsp3) is 0.364. The highest BCUT2D eigenvalue weighted by molar-refractivity contribution is 5.99. The molecule has 2 heterocycles. The highest BCUT2D eigenvalue weighted by Gasteiger charge is 2.21. The summed E-state index contributed by atoms with van der Waals surface area (Å²) in [4.78, 5) is 19.6. The zero-order valence-corrected chi connectivity index (χ0v) is 15.1. The van der Waals surface area contributed by atoms with Crippen molar-refractivity contribution in [2.24, 2.45) is 0 Å². The minimum absolute atomic E-state index is 0.0918. The maximum absolute atomic E-state index is 11.7. The second-order valence-electron chi connectivity index (χ2n) is 7.18. The van der Waals surface area contributed by atoms with Gasteiger partial charge in [-0.2, -0.15) is 0 Å². The summed E-state index contributed by atoms with van der Waals surface area (Å²) in [7, 11) is 0. The van der Waals surface area contributed by atoms with Gasteiger partial charge in [-0.25, -0.2) is 4.98 Å². The Kier molecular flexibility index (Phi) is 4.74. The van der Waals surface area contributed by atoms with Crippen molar-refractivity contribution in [3.8, 4) is 0 Å². The van der Waals surface area contributed by atoms with Crippen molar-refractivity contribution in [1.82, 2.24) is 15.3 Å². The van der Waals surface area contributed by atoms with Crippen molar-refractivity contribution < 1.29 is 4.79 Å². The van der Waals surface area contributed by atoms with Crippen LogP contribution in [0.4, 0.5) is 0 Å². The van der Waals surface area contributed by atoms with Crippen LogP contribution in [0, 0.1) is 0 Å². The van der Waals surface area contributed by atoms with Crippen molar-refractivity contribution in [2.45, 2.75) is 51.0 Å². The molecule has 0 saturated heterocycles. The van der Waals surface area contributed by atoms with Crippen LogP contribution in [0.2, 0.25) is 0 Å². The quantitative estimate of drug-likeness (QED) is 0.784. The molecule has 2 N–H and O–H groups in total. The molecule has 1 atom stereocenters. The average Bonchev–Trinajstić information content (AvgIpc) is 3.13. The molecular weight excluding hydrogens is 322 g/mol. The number of allylic oxidation sites excluding steroid dienone is 3. The summed E-state index contributed by atoms with van der Waals surface area (Å²) >= 11 is 0. The number of carbonyl (C=O) groups excluding carboxylic acids is 1. The fourth-order valence-electron chi connectivity index (χ4n) is 4.17. The van der Waals surface area contributed by atoms with E-state index in [0.717, 1.165) is 37.8 Å². The van der Waals surface area contributed by atoms with E-state index in [-0.39, 0.29) is 11.9 Å². The SMILES string of the molecule is C=CC(=O)NC1CCC=C(c2ccnc3[nH]cc(C4=CCCCC4)c23)C1. The number of rotatable bonds is 4. The van der Waals surface area contributed by atoms with E-state index in [0.29, 0.717) is 0 Å². The van der Waals surface area contributed by atoms with E-state index < -0.39 is 0 Å². The second-order valence-corrected chi connectivity index (χ2v) is 7.18. The average molecular weight is 347 g/mol. The summed E-state index contributed by atoms with van der Waals surface area (Å²) < 4.78 is 0. The number of aromatic amines is 1. The molecule has 2 aromatic rings. The van der Waals surface area contributed by atoms with E-state index in [4.69, 9.17) is 0 Å². The molecule has 0 aromatic carbocycles. The zero-order valence-electron chi connectivity index (χ0n) is 15.1. The topological polar surface area (TPSA) is 57.8 Å². The molecule has 2 aliphatic rings. The summed E-state index contributed by atoms with van der Waals surface area (Å²) in [5, 5.41) is 4.28. The van der Waals surface area contributed by atoms with Gasteiger partial charge in [0, 0.05) is 29.4 Å². The summed E-state index contributed by atoms with van der Waals surface area (Å²) in [6, 6.07) is 2.28. The van der Waals surface area contributed by atoms with E-state index in [9.17, 15) is 4.79 Å². The smallest absolute Gasteiger partial charge is 0.243 e. The van der Waals surface area contributed by atoms with Crippen molar-refractivity contribution in [1.29, 1.82) is 0 Å². The number of fused-ring (bicyclic) bond motifs is 1. The molecule has 0 saturated carbocycles. The lowest BCUT2D eigenvalue weighted by Gasteiger charge is -2.24. The highest BCUT2D eigenvalue weighted by atomic mass is 16.1. The normalized spacial score (nSPS) is 20.4. The van der Waals surface area contributed by atoms with Crippen LogP contribution in [-0.4, -0.2) is 21.9 Å². The first-order valence-corrected chi connectivity index (χ1v) is 9.54. The number of hydrogen-bond acceptors (Lipinski definition) is 2. The molecule has 4 nitrogen and oxygen atoms in total. The molecule has 2 aliphatic carbocycles. The first kappa shape index (κ1) is 16.8. The maximum atomic E-state index is 11.7. The van der Waals surface area contributed by atoms with Gasteiger partial charge in [-0.15, -0.1) is 0 Å². The maximum Gasteiger partial charge on any atom is 0.243 e. The number of nitrogens with zero attached hydrogens (tertiary/aromatic N) is 1. The number of hydrogen-bond donors (Lipinski definition) is 2. The Balaban J connectivity index is 1.71. The third-order valence-electron chi connectivity index (χ3n) is 5.46. The molecule has 0 fully saturated rings. The van der Waals surface area contributed by atoms with Crippen LogP contribution in [0.15, 0.2) is 43.3 Å². The van der Waals surface area contributed by atoms with Crippen LogP contribution >= 0.6 is 0 Å². The van der Waals surface area contributed by atoms with E-state index in [1.807, 2.05) is 6.20 Å². The summed E-state index contributed by atoms with van der Waals surface area (Å²) in [5.74, 6) is -0.0918. The molecule has 0 bridgehead atoms. The van der Waals surface area contributed by atoms with E-state index in [1.54, 1.807) is 0 Å². The molecule has 134 valence electrons. The Bertz CT molecular complexity index is 903. The lowest BCUT2D eigenvalue weighted by molar-refractivity contribution is -0.117. The predicted octanol–water partition coefficient (Wildman–Crippen LogP) is 4.76. The van der Waals surface area contributed by atoms with E-state index in [1.165, 1.54) is 46.6 Å². The summed E-state index contributed by atoms with van der Waals surface area (Å²) in [6.07, 6.45) is 17.7. The number of pyridine rings is 1. The van der Waals surface area contributed by atoms with Gasteiger partial charge in [0.05, 0.1) is 0 Å². The van der Waals surface area contributed by atoms with Crippen LogP contribution in [0.3, 0.4) is 0 Å². The Morgan fingerprint density at radius 1 is 1.23 bits per heavy atom. The number of aromatic nitrogens is 2. The molecule has 0 spiro atoms. The third kappa shape index (κ3) is 3.24. The van der Waals surface area contributed by atoms with Crippen LogP contribution in [0.1, 0.15) is 56.1 Å². The molecule has 4 rings (SSSR count). The lowest BCUT2D eigenvalue weighted by atomic mass is 9.86. The van der Waals surface area contributed by atoms with Gasteiger partial charge < -0.3 is 10.3 Å². The number of nitrogens with one attached hydrogen (secondary N) is 2. The van der Waals surface area contributed by atoms with Crippen LogP contribution in [0.25, 0.3) is 22.2 Å². The van der Waals surface area contributed by atoms with Gasteiger partial charge in [-0.3, -0.25) is 4.79 Å². The Labute approximate surface area is 154 Å². The summed E-state index contributed by atoms with van der Waals surface area (Å²) in [5.41, 5.74) is 6.22. The second kappa shape index (κ2) is 7.32. The van der Waals surface area contributed by atoms with Crippen LogP contribution in [0.5, 0.6) is 0 Å². The Morgan fingerprint density at radius 3 is 2.92 bits per heavy atom. The van der Waals surface area contributed by atoms with Gasteiger partial charge in [-0.05, 0) is 73.8 Å². The van der Waals surface area contributed by atoms with Crippen molar-refractivity contribution in [3.63, 3.8) is 0 Å². The van der Waals surface area contributed by atoms with Crippen LogP contribution in [-0.2, 0) is 4.79 Å². The van der Waals surface area contributed by atoms with Crippen molar-refractivity contribution >= 4 is 28.1 Å². The molecule has 4 heteroatoms. The molecular formula is C22H25N3O. The zero-order chi connectivity index (χ0) is 17.9. The molecule has 26 heavy (non-hydrogen) atoms. The highest BCUT2D eigenvalue weighted by Crippen LogP contribution is 2.37. The van der Waals surface area contributed by atoms with Crippen molar-refractivity contribution in [2.75, 3.05) is 0 Å². The minimum Gasteiger partial charge on any atom is -0.349 e. The third-order valence-corrected chi connectivity index (χ3v) is 5.46. The number of H-pyrrole nitrogens is 1. The first-order chi connectivity index (χ1) is 12.8. The fourth-order valence-corrected chi connectivity index (χ4v) is 4.17. The molecule has 1 unspecified atom stereocenters. The largest absolute Gasteiger partial charge is 0.349 e. The standard InChI is InChI=1S/C22H25N3O/c1-2-20(26)25-17-10-6-9-16(13-17)18-11-12-23-22-21(18)19(14-24-22)15-7-4-3-5-8-15/h2,7,9,11-12,14,17H,1,3-6,8,10,13H2,(H,23,24)(H,25,26). The molecule has 1 amide bonds. The molecule has 0 radical (unpaired) electrons. The summed E-state index contributed by atoms with van der Waals surface area (Å²) in [6.45, 7) is 3.56. The minimum atomic E-state index is -0.0918. The van der Waals surface area contributed by atoms with Crippen molar-refractivity contribution in [3.05, 3.63) is 54.4 Å². The monoisotopic (exact) mass is 347 g/mol. The van der Waals surface area contributed by atoms with Crippen LogP contribution < -0.4 is 5.32 Å². The van der Waals surface area contributed by atoms with Gasteiger partial charge in [-0.1, -0.05) is 18.7 Å². The van der Waals surface area contributed by atoms with E-state index in [2.05, 4.69) is 46.3 Å². The first-order valence-electron chi connectivity index (χ1n) is 9.54. The number of amides is 1. The molecule has 2 aromatic heterocycles. The van der Waals surface area contributed by atoms with Gasteiger partial charge in [0.1, 0.15) is 5.65 Å².